The zero-order valence-corrected chi connectivity index (χ0v) is 10.4. The monoisotopic (exact) mass is 257 g/mol. The van der Waals surface area contributed by atoms with Crippen LogP contribution in [0.25, 0.3) is 0 Å². The molecule has 6 heteroatoms. The van der Waals surface area contributed by atoms with E-state index in [0.29, 0.717) is 5.56 Å². The summed E-state index contributed by atoms with van der Waals surface area (Å²) >= 11 is 0. The summed E-state index contributed by atoms with van der Waals surface area (Å²) in [7, 11) is 0. The molecule has 0 spiro atoms. The fourth-order valence-corrected chi connectivity index (χ4v) is 1.60. The molecule has 0 fully saturated rings. The first-order valence-electron chi connectivity index (χ1n) is 5.45. The molecule has 0 aromatic carbocycles. The number of hydrogen-bond donors (Lipinski definition) is 0. The van der Waals surface area contributed by atoms with Crippen molar-refractivity contribution in [2.75, 3.05) is 11.4 Å². The number of aryl methyl sites for hydroxylation is 1. The maximum atomic E-state index is 12.5. The molecule has 0 radical (unpaired) electrons. The Balaban J connectivity index is 3.23. The normalized spacial score (nSPS) is 11.4. The van der Waals surface area contributed by atoms with Gasteiger partial charge in [-0.05, 0) is 32.4 Å². The lowest BCUT2D eigenvalue weighted by Gasteiger charge is -2.29. The van der Waals surface area contributed by atoms with Crippen molar-refractivity contribution in [2.24, 2.45) is 0 Å². The molecule has 0 N–H and O–H groups in total. The lowest BCUT2D eigenvalue weighted by molar-refractivity contribution is -0.120. The average Bonchev–Trinajstić information content (AvgIpc) is 2.24. The van der Waals surface area contributed by atoms with E-state index in [-0.39, 0.29) is 11.4 Å². The van der Waals surface area contributed by atoms with Crippen molar-refractivity contribution < 1.29 is 13.2 Å². The molecule has 1 aromatic rings. The van der Waals surface area contributed by atoms with Crippen molar-refractivity contribution in [1.82, 2.24) is 4.98 Å². The highest BCUT2D eigenvalue weighted by Gasteiger charge is 2.33. The highest BCUT2D eigenvalue weighted by atomic mass is 19.4. The van der Waals surface area contributed by atoms with Crippen LogP contribution in [0.15, 0.2) is 12.3 Å². The van der Waals surface area contributed by atoms with Gasteiger partial charge in [0, 0.05) is 12.2 Å². The first-order chi connectivity index (χ1) is 8.26. The SMILES string of the molecule is Cc1ccnc(N(CC(F)(F)F)C(C)C)c1C#N. The van der Waals surface area contributed by atoms with Gasteiger partial charge >= 0.3 is 6.18 Å². The molecule has 0 aliphatic carbocycles. The van der Waals surface area contributed by atoms with Crippen LogP contribution in [0.3, 0.4) is 0 Å². The van der Waals surface area contributed by atoms with Crippen LogP contribution >= 0.6 is 0 Å². The molecule has 0 aliphatic rings. The van der Waals surface area contributed by atoms with E-state index in [1.54, 1.807) is 26.8 Å². The fourth-order valence-electron chi connectivity index (χ4n) is 1.60. The van der Waals surface area contributed by atoms with Crippen LogP contribution in [-0.4, -0.2) is 23.7 Å². The number of nitrogens with zero attached hydrogens (tertiary/aromatic N) is 3. The van der Waals surface area contributed by atoms with Crippen LogP contribution in [0.1, 0.15) is 25.0 Å². The molecule has 0 saturated carbocycles. The second kappa shape index (κ2) is 5.25. The van der Waals surface area contributed by atoms with Gasteiger partial charge in [-0.1, -0.05) is 0 Å². The molecule has 0 saturated heterocycles. The molecule has 0 amide bonds. The summed E-state index contributed by atoms with van der Waals surface area (Å²) in [6.07, 6.45) is -2.92. The number of aromatic nitrogens is 1. The van der Waals surface area contributed by atoms with Crippen molar-refractivity contribution in [2.45, 2.75) is 33.0 Å². The van der Waals surface area contributed by atoms with E-state index in [0.717, 1.165) is 4.90 Å². The average molecular weight is 257 g/mol. The van der Waals surface area contributed by atoms with E-state index >= 15 is 0 Å². The Kier molecular flexibility index (Phi) is 4.17. The molecule has 3 nitrogen and oxygen atoms in total. The van der Waals surface area contributed by atoms with Gasteiger partial charge in [-0.25, -0.2) is 4.98 Å². The van der Waals surface area contributed by atoms with E-state index in [1.807, 2.05) is 6.07 Å². The minimum absolute atomic E-state index is 0.0878. The predicted octanol–water partition coefficient (Wildman–Crippen LogP) is 3.04. The Labute approximate surface area is 104 Å². The van der Waals surface area contributed by atoms with Crippen LogP contribution in [0.5, 0.6) is 0 Å². The third kappa shape index (κ3) is 3.36. The summed E-state index contributed by atoms with van der Waals surface area (Å²) in [4.78, 5) is 5.01. The first kappa shape index (κ1) is 14.3. The van der Waals surface area contributed by atoms with E-state index < -0.39 is 18.8 Å². The van der Waals surface area contributed by atoms with Gasteiger partial charge < -0.3 is 4.90 Å². The molecule has 0 bridgehead atoms. The Morgan fingerprint density at radius 1 is 1.44 bits per heavy atom. The summed E-state index contributed by atoms with van der Waals surface area (Å²) in [5, 5.41) is 9.03. The minimum Gasteiger partial charge on any atom is -0.344 e. The third-order valence-electron chi connectivity index (χ3n) is 2.50. The van der Waals surface area contributed by atoms with Crippen LogP contribution in [0.2, 0.25) is 0 Å². The smallest absolute Gasteiger partial charge is 0.344 e. The second-order valence-electron chi connectivity index (χ2n) is 4.28. The molecule has 1 aromatic heterocycles. The van der Waals surface area contributed by atoms with Gasteiger partial charge in [-0.3, -0.25) is 0 Å². The number of alkyl halides is 3. The fraction of sp³-hybridized carbons (Fsp3) is 0.500. The summed E-state index contributed by atoms with van der Waals surface area (Å²) in [5.74, 6) is 0.0878. The standard InChI is InChI=1S/C12H14F3N3/c1-8(2)18(7-12(13,14)15)11-10(6-16)9(3)4-5-17-11/h4-5,8H,7H2,1-3H3. The Morgan fingerprint density at radius 2 is 2.06 bits per heavy atom. The van der Waals surface area contributed by atoms with Gasteiger partial charge in [0.25, 0.3) is 0 Å². The zero-order valence-electron chi connectivity index (χ0n) is 10.4. The van der Waals surface area contributed by atoms with E-state index in [1.165, 1.54) is 6.20 Å². The summed E-state index contributed by atoms with van der Waals surface area (Å²) in [6, 6.07) is 3.12. The minimum atomic E-state index is -4.33. The summed E-state index contributed by atoms with van der Waals surface area (Å²) in [6.45, 7) is 3.83. The van der Waals surface area contributed by atoms with Crippen molar-refractivity contribution in [3.05, 3.63) is 23.4 Å². The maximum Gasteiger partial charge on any atom is 0.405 e. The van der Waals surface area contributed by atoms with Gasteiger partial charge in [0.2, 0.25) is 0 Å². The molecular weight excluding hydrogens is 243 g/mol. The second-order valence-corrected chi connectivity index (χ2v) is 4.28. The molecule has 0 atom stereocenters. The molecule has 98 valence electrons. The lowest BCUT2D eigenvalue weighted by atomic mass is 10.1. The largest absolute Gasteiger partial charge is 0.405 e. The number of hydrogen-bond acceptors (Lipinski definition) is 3. The van der Waals surface area contributed by atoms with E-state index in [2.05, 4.69) is 4.98 Å². The van der Waals surface area contributed by atoms with Crippen LogP contribution in [-0.2, 0) is 0 Å². The summed E-state index contributed by atoms with van der Waals surface area (Å²) < 4.78 is 37.6. The number of nitriles is 1. The van der Waals surface area contributed by atoms with Gasteiger partial charge in [-0.2, -0.15) is 18.4 Å². The topological polar surface area (TPSA) is 39.9 Å². The number of pyridine rings is 1. The molecule has 0 aliphatic heterocycles. The Bertz CT molecular complexity index is 461. The number of anilines is 1. The predicted molar refractivity (Wildman–Crippen MR) is 62.2 cm³/mol. The van der Waals surface area contributed by atoms with Crippen LogP contribution in [0, 0.1) is 18.3 Å². The van der Waals surface area contributed by atoms with Crippen molar-refractivity contribution in [3.8, 4) is 6.07 Å². The number of halogens is 3. The van der Waals surface area contributed by atoms with Crippen molar-refractivity contribution >= 4 is 5.82 Å². The van der Waals surface area contributed by atoms with E-state index in [4.69, 9.17) is 5.26 Å². The molecule has 18 heavy (non-hydrogen) atoms. The molecule has 0 unspecified atom stereocenters. The highest BCUT2D eigenvalue weighted by Crippen LogP contribution is 2.26. The first-order valence-corrected chi connectivity index (χ1v) is 5.45. The highest BCUT2D eigenvalue weighted by molar-refractivity contribution is 5.57. The van der Waals surface area contributed by atoms with Gasteiger partial charge in [-0.15, -0.1) is 0 Å². The summed E-state index contributed by atoms with van der Waals surface area (Å²) in [5.41, 5.74) is 0.811. The Hall–Kier alpha value is -1.77. The van der Waals surface area contributed by atoms with Crippen LogP contribution < -0.4 is 4.90 Å². The quantitative estimate of drug-likeness (QED) is 0.835. The zero-order chi connectivity index (χ0) is 13.9. The van der Waals surface area contributed by atoms with Gasteiger partial charge in [0.1, 0.15) is 18.4 Å². The molecule has 1 heterocycles. The molecule has 1 rings (SSSR count). The lowest BCUT2D eigenvalue weighted by Crippen LogP contribution is -2.40. The van der Waals surface area contributed by atoms with Gasteiger partial charge in [0.05, 0.1) is 5.56 Å². The third-order valence-corrected chi connectivity index (χ3v) is 2.50. The van der Waals surface area contributed by atoms with Gasteiger partial charge in [0.15, 0.2) is 0 Å². The maximum absolute atomic E-state index is 12.5. The van der Waals surface area contributed by atoms with Crippen molar-refractivity contribution in [1.29, 1.82) is 5.26 Å². The molecular formula is C12H14F3N3. The van der Waals surface area contributed by atoms with Crippen LogP contribution in [0.4, 0.5) is 19.0 Å². The number of rotatable bonds is 3. The Morgan fingerprint density at radius 3 is 2.50 bits per heavy atom. The van der Waals surface area contributed by atoms with E-state index in [9.17, 15) is 13.2 Å². The van der Waals surface area contributed by atoms with Crippen molar-refractivity contribution in [3.63, 3.8) is 0 Å².